The number of hydrogen-bond acceptors (Lipinski definition) is 2. The molecule has 0 spiro atoms. The second-order valence-corrected chi connectivity index (χ2v) is 2.94. The van der Waals surface area contributed by atoms with Crippen molar-refractivity contribution in [1.29, 1.82) is 0 Å². The number of allylic oxidation sites excluding steroid dienone is 1. The highest BCUT2D eigenvalue weighted by Crippen LogP contribution is 2.21. The van der Waals surface area contributed by atoms with E-state index in [1.54, 1.807) is 6.34 Å². The van der Waals surface area contributed by atoms with Crippen molar-refractivity contribution in [3.63, 3.8) is 0 Å². The van der Waals surface area contributed by atoms with Crippen LogP contribution >= 0.6 is 11.6 Å². The molecule has 1 heterocycles. The van der Waals surface area contributed by atoms with E-state index in [2.05, 4.69) is 24.2 Å². The Morgan fingerprint density at radius 3 is 2.91 bits per heavy atom. The summed E-state index contributed by atoms with van der Waals surface area (Å²) in [5.74, 6) is 0. The number of nitrogens with zero attached hydrogens (tertiary/aromatic N) is 1. The smallest absolute Gasteiger partial charge is 0.0887 e. The summed E-state index contributed by atoms with van der Waals surface area (Å²) in [5.41, 5.74) is 1.01. The number of rotatable bonds is 2. The van der Waals surface area contributed by atoms with Crippen molar-refractivity contribution in [3.8, 4) is 0 Å². The molecule has 3 heteroatoms. The van der Waals surface area contributed by atoms with Crippen molar-refractivity contribution >= 4 is 17.9 Å². The first kappa shape index (κ1) is 8.60. The van der Waals surface area contributed by atoms with Gasteiger partial charge >= 0.3 is 0 Å². The molecular weight excluding hydrogens is 160 g/mol. The standard InChI is InChI=1S/C8H13ClN2/c1-3-6-8(9)7(4-2)11-5-10-6/h5-6H,3-4H2,1-2H3,(H,10,11). The van der Waals surface area contributed by atoms with E-state index in [0.29, 0.717) is 0 Å². The maximum Gasteiger partial charge on any atom is 0.0887 e. The Morgan fingerprint density at radius 1 is 1.64 bits per heavy atom. The molecule has 11 heavy (non-hydrogen) atoms. The monoisotopic (exact) mass is 172 g/mol. The first-order valence-electron chi connectivity index (χ1n) is 3.96. The second-order valence-electron chi connectivity index (χ2n) is 2.53. The molecular formula is C8H13ClN2. The van der Waals surface area contributed by atoms with Gasteiger partial charge in [0.1, 0.15) is 0 Å². The Labute approximate surface area is 72.3 Å². The van der Waals surface area contributed by atoms with Crippen molar-refractivity contribution in [3.05, 3.63) is 10.7 Å². The van der Waals surface area contributed by atoms with Crippen LogP contribution in [0.2, 0.25) is 0 Å². The van der Waals surface area contributed by atoms with Gasteiger partial charge in [0, 0.05) is 0 Å². The first-order chi connectivity index (χ1) is 5.29. The summed E-state index contributed by atoms with van der Waals surface area (Å²) in [6.07, 6.45) is 3.65. The van der Waals surface area contributed by atoms with E-state index < -0.39 is 0 Å². The molecule has 0 fully saturated rings. The molecule has 0 aromatic carbocycles. The van der Waals surface area contributed by atoms with E-state index in [1.165, 1.54) is 0 Å². The highest BCUT2D eigenvalue weighted by molar-refractivity contribution is 6.30. The van der Waals surface area contributed by atoms with Crippen molar-refractivity contribution in [2.75, 3.05) is 0 Å². The van der Waals surface area contributed by atoms with Gasteiger partial charge in [0.05, 0.1) is 23.1 Å². The zero-order valence-corrected chi connectivity index (χ0v) is 7.65. The third-order valence-corrected chi connectivity index (χ3v) is 2.30. The zero-order chi connectivity index (χ0) is 8.27. The average Bonchev–Trinajstić information content (AvgIpc) is 2.05. The van der Waals surface area contributed by atoms with Gasteiger partial charge < -0.3 is 5.32 Å². The minimum atomic E-state index is 0.282. The van der Waals surface area contributed by atoms with Crippen LogP contribution in [0.25, 0.3) is 0 Å². The van der Waals surface area contributed by atoms with Crippen LogP contribution in [0.5, 0.6) is 0 Å². The summed E-state index contributed by atoms with van der Waals surface area (Å²) >= 11 is 6.05. The lowest BCUT2D eigenvalue weighted by atomic mass is 10.1. The number of nitrogens with one attached hydrogen (secondary N) is 1. The topological polar surface area (TPSA) is 24.4 Å². The fraction of sp³-hybridized carbons (Fsp3) is 0.625. The van der Waals surface area contributed by atoms with Crippen LogP contribution in [0, 0.1) is 0 Å². The molecule has 0 amide bonds. The molecule has 0 radical (unpaired) electrons. The van der Waals surface area contributed by atoms with E-state index in [0.717, 1.165) is 23.6 Å². The van der Waals surface area contributed by atoms with Crippen molar-refractivity contribution in [1.82, 2.24) is 5.32 Å². The Bertz CT molecular complexity index is 196. The van der Waals surface area contributed by atoms with Gasteiger partial charge in [0.2, 0.25) is 0 Å². The van der Waals surface area contributed by atoms with Crippen LogP contribution < -0.4 is 5.32 Å². The van der Waals surface area contributed by atoms with Gasteiger partial charge in [-0.2, -0.15) is 0 Å². The van der Waals surface area contributed by atoms with E-state index in [1.807, 2.05) is 0 Å². The fourth-order valence-electron chi connectivity index (χ4n) is 1.10. The molecule has 1 atom stereocenters. The molecule has 1 aliphatic heterocycles. The molecule has 2 nitrogen and oxygen atoms in total. The normalized spacial score (nSPS) is 23.7. The summed E-state index contributed by atoms with van der Waals surface area (Å²) < 4.78 is 0. The molecule has 0 aromatic heterocycles. The van der Waals surface area contributed by atoms with E-state index in [-0.39, 0.29) is 6.04 Å². The van der Waals surface area contributed by atoms with Gasteiger partial charge in [0.15, 0.2) is 0 Å². The van der Waals surface area contributed by atoms with Gasteiger partial charge in [-0.25, -0.2) is 4.99 Å². The SMILES string of the molecule is CCC1=C(Cl)C(CC)NC=N1. The minimum absolute atomic E-state index is 0.282. The van der Waals surface area contributed by atoms with Crippen LogP contribution in [-0.4, -0.2) is 12.4 Å². The summed E-state index contributed by atoms with van der Waals surface area (Å²) in [6, 6.07) is 0.282. The molecule has 0 saturated carbocycles. The third kappa shape index (κ3) is 1.74. The van der Waals surface area contributed by atoms with Crippen LogP contribution in [-0.2, 0) is 0 Å². The highest BCUT2D eigenvalue weighted by atomic mass is 35.5. The lowest BCUT2D eigenvalue weighted by molar-refractivity contribution is 0.677. The molecule has 62 valence electrons. The first-order valence-corrected chi connectivity index (χ1v) is 4.34. The number of halogens is 1. The summed E-state index contributed by atoms with van der Waals surface area (Å²) in [7, 11) is 0. The average molecular weight is 173 g/mol. The minimum Gasteiger partial charge on any atom is -0.368 e. The van der Waals surface area contributed by atoms with Crippen molar-refractivity contribution in [2.24, 2.45) is 4.99 Å². The van der Waals surface area contributed by atoms with E-state index in [9.17, 15) is 0 Å². The van der Waals surface area contributed by atoms with E-state index in [4.69, 9.17) is 11.6 Å². The Hall–Kier alpha value is -0.500. The van der Waals surface area contributed by atoms with Crippen molar-refractivity contribution in [2.45, 2.75) is 32.7 Å². The molecule has 1 unspecified atom stereocenters. The second kappa shape index (κ2) is 3.77. The van der Waals surface area contributed by atoms with Crippen LogP contribution in [0.1, 0.15) is 26.7 Å². The predicted octanol–water partition coefficient (Wildman–Crippen LogP) is 2.26. The van der Waals surface area contributed by atoms with Gasteiger partial charge in [-0.15, -0.1) is 0 Å². The summed E-state index contributed by atoms with van der Waals surface area (Å²) in [4.78, 5) is 4.14. The quantitative estimate of drug-likeness (QED) is 0.679. The zero-order valence-electron chi connectivity index (χ0n) is 6.89. The molecule has 0 saturated heterocycles. The lowest BCUT2D eigenvalue weighted by Crippen LogP contribution is -2.30. The third-order valence-electron chi connectivity index (χ3n) is 1.82. The Morgan fingerprint density at radius 2 is 2.36 bits per heavy atom. The van der Waals surface area contributed by atoms with Gasteiger partial charge in [-0.3, -0.25) is 0 Å². The maximum absolute atomic E-state index is 6.05. The molecule has 1 rings (SSSR count). The summed E-state index contributed by atoms with van der Waals surface area (Å²) in [5, 5.41) is 3.97. The van der Waals surface area contributed by atoms with Gasteiger partial charge in [-0.05, 0) is 12.8 Å². The molecule has 1 aliphatic rings. The molecule has 0 aromatic rings. The number of hydrogen-bond donors (Lipinski definition) is 1. The van der Waals surface area contributed by atoms with Crippen molar-refractivity contribution < 1.29 is 0 Å². The lowest BCUT2D eigenvalue weighted by Gasteiger charge is -2.19. The Balaban J connectivity index is 2.78. The molecule has 1 N–H and O–H groups in total. The van der Waals surface area contributed by atoms with Gasteiger partial charge in [0.25, 0.3) is 0 Å². The fourth-order valence-corrected chi connectivity index (χ4v) is 1.50. The largest absolute Gasteiger partial charge is 0.368 e. The summed E-state index contributed by atoms with van der Waals surface area (Å²) in [6.45, 7) is 4.17. The Kier molecular flexibility index (Phi) is 2.94. The predicted molar refractivity (Wildman–Crippen MR) is 48.9 cm³/mol. The highest BCUT2D eigenvalue weighted by Gasteiger charge is 2.15. The van der Waals surface area contributed by atoms with Crippen LogP contribution in [0.15, 0.2) is 15.7 Å². The van der Waals surface area contributed by atoms with Crippen LogP contribution in [0.4, 0.5) is 0 Å². The van der Waals surface area contributed by atoms with Gasteiger partial charge in [-0.1, -0.05) is 25.4 Å². The van der Waals surface area contributed by atoms with E-state index >= 15 is 0 Å². The van der Waals surface area contributed by atoms with Crippen LogP contribution in [0.3, 0.4) is 0 Å². The number of aliphatic imine (C=N–C) groups is 1. The molecule has 0 bridgehead atoms. The molecule has 0 aliphatic carbocycles. The maximum atomic E-state index is 6.05.